The molecule has 4 rings (SSSR count). The molecule has 0 saturated carbocycles. The molecule has 9 heteroatoms. The molecule has 6 nitrogen and oxygen atoms in total. The van der Waals surface area contributed by atoms with Gasteiger partial charge < -0.3 is 9.30 Å². The van der Waals surface area contributed by atoms with Gasteiger partial charge in [-0.3, -0.25) is 4.79 Å². The molecule has 3 aromatic rings. The summed E-state index contributed by atoms with van der Waals surface area (Å²) in [5, 5.41) is 1.44. The maximum absolute atomic E-state index is 13.0. The molecule has 0 amide bonds. The van der Waals surface area contributed by atoms with Crippen molar-refractivity contribution in [2.24, 2.45) is 0 Å². The van der Waals surface area contributed by atoms with Crippen LogP contribution >= 0.6 is 23.2 Å². The Balaban J connectivity index is 1.61. The first-order chi connectivity index (χ1) is 14.6. The Kier molecular flexibility index (Phi) is 5.79. The predicted octanol–water partition coefficient (Wildman–Crippen LogP) is 4.89. The van der Waals surface area contributed by atoms with Crippen molar-refractivity contribution in [1.29, 1.82) is 0 Å². The summed E-state index contributed by atoms with van der Waals surface area (Å²) >= 11 is 12.6. The van der Waals surface area contributed by atoms with Crippen LogP contribution in [0.25, 0.3) is 10.9 Å². The number of pyridine rings is 1. The minimum atomic E-state index is -3.03. The number of aryl methyl sites for hydroxylation is 2. The fourth-order valence-electron chi connectivity index (χ4n) is 4.24. The molecule has 1 saturated heterocycles. The van der Waals surface area contributed by atoms with Gasteiger partial charge in [-0.15, -0.1) is 0 Å². The molecule has 1 atom stereocenters. The van der Waals surface area contributed by atoms with Crippen LogP contribution in [0.3, 0.4) is 0 Å². The number of sulfone groups is 1. The number of ether oxygens (including phenoxy) is 1. The summed E-state index contributed by atoms with van der Waals surface area (Å²) in [6.45, 7) is 5.34. The van der Waals surface area contributed by atoms with Crippen LogP contribution in [0.4, 0.5) is 0 Å². The number of nitrogens with zero attached hydrogens (tertiary/aromatic N) is 2. The van der Waals surface area contributed by atoms with Crippen molar-refractivity contribution < 1.29 is 17.9 Å². The van der Waals surface area contributed by atoms with E-state index in [4.69, 9.17) is 27.9 Å². The quantitative estimate of drug-likeness (QED) is 0.485. The average molecular weight is 481 g/mol. The van der Waals surface area contributed by atoms with Crippen LogP contribution in [0.2, 0.25) is 10.0 Å². The summed E-state index contributed by atoms with van der Waals surface area (Å²) in [6.07, 6.45) is 0.556. The highest BCUT2D eigenvalue weighted by molar-refractivity contribution is 7.91. The van der Waals surface area contributed by atoms with Crippen LogP contribution in [0.15, 0.2) is 24.3 Å². The molecular weight excluding hydrogens is 459 g/mol. The highest BCUT2D eigenvalue weighted by Crippen LogP contribution is 2.37. The smallest absolute Gasteiger partial charge is 0.202 e. The van der Waals surface area contributed by atoms with E-state index in [1.165, 1.54) is 0 Å². The second-order valence-corrected chi connectivity index (χ2v) is 11.0. The molecular formula is C22H22Cl2N2O4S. The van der Waals surface area contributed by atoms with Gasteiger partial charge in [0, 0.05) is 34.1 Å². The van der Waals surface area contributed by atoms with E-state index < -0.39 is 9.84 Å². The second kappa shape index (κ2) is 8.11. The number of hydrogen-bond donors (Lipinski definition) is 0. The van der Waals surface area contributed by atoms with E-state index in [2.05, 4.69) is 4.98 Å². The van der Waals surface area contributed by atoms with Gasteiger partial charge in [0.05, 0.1) is 21.6 Å². The maximum atomic E-state index is 13.0. The molecule has 0 radical (unpaired) electrons. The zero-order valence-electron chi connectivity index (χ0n) is 17.4. The number of benzene rings is 1. The Labute approximate surface area is 191 Å². The molecule has 1 unspecified atom stereocenters. The van der Waals surface area contributed by atoms with Crippen molar-refractivity contribution in [2.45, 2.75) is 33.2 Å². The first kappa shape index (κ1) is 22.1. The van der Waals surface area contributed by atoms with E-state index >= 15 is 0 Å². The fraction of sp³-hybridized carbons (Fsp3) is 0.364. The second-order valence-electron chi connectivity index (χ2n) is 7.94. The lowest BCUT2D eigenvalue weighted by molar-refractivity contribution is 0.0922. The third-order valence-corrected chi connectivity index (χ3v) is 8.03. The van der Waals surface area contributed by atoms with Crippen molar-refractivity contribution in [1.82, 2.24) is 9.55 Å². The van der Waals surface area contributed by atoms with Gasteiger partial charge >= 0.3 is 0 Å². The lowest BCUT2D eigenvalue weighted by Gasteiger charge is -2.16. The number of ketones is 1. The Morgan fingerprint density at radius 2 is 1.94 bits per heavy atom. The van der Waals surface area contributed by atoms with Crippen molar-refractivity contribution in [3.63, 3.8) is 0 Å². The Hall–Kier alpha value is -2.09. The average Bonchev–Trinajstić information content (AvgIpc) is 3.18. The van der Waals surface area contributed by atoms with Crippen molar-refractivity contribution in [2.75, 3.05) is 18.1 Å². The Morgan fingerprint density at radius 3 is 2.61 bits per heavy atom. The van der Waals surface area contributed by atoms with Crippen molar-refractivity contribution >= 4 is 49.7 Å². The normalized spacial score (nSPS) is 17.9. The molecule has 0 spiro atoms. The number of carbonyl (C=O) groups excluding carboxylic acids is 1. The number of hydrogen-bond acceptors (Lipinski definition) is 5. The molecule has 1 fully saturated rings. The number of carbonyl (C=O) groups is 1. The molecule has 3 heterocycles. The summed E-state index contributed by atoms with van der Waals surface area (Å²) < 4.78 is 31.6. The van der Waals surface area contributed by atoms with E-state index in [0.717, 1.165) is 17.1 Å². The molecule has 2 aromatic heterocycles. The van der Waals surface area contributed by atoms with Crippen molar-refractivity contribution in [3.05, 3.63) is 57.0 Å². The third kappa shape index (κ3) is 4.19. The summed E-state index contributed by atoms with van der Waals surface area (Å²) in [5.41, 5.74) is 3.40. The minimum Gasteiger partial charge on any atom is -0.482 e. The molecule has 1 aromatic carbocycles. The zero-order valence-corrected chi connectivity index (χ0v) is 19.7. The Morgan fingerprint density at radius 1 is 1.19 bits per heavy atom. The van der Waals surface area contributed by atoms with E-state index in [1.54, 1.807) is 12.1 Å². The van der Waals surface area contributed by atoms with Crippen LogP contribution in [0, 0.1) is 20.8 Å². The largest absolute Gasteiger partial charge is 0.482 e. The van der Waals surface area contributed by atoms with Crippen LogP contribution in [0.5, 0.6) is 5.75 Å². The van der Waals surface area contributed by atoms with Crippen LogP contribution < -0.4 is 4.74 Å². The third-order valence-electron chi connectivity index (χ3n) is 5.68. The van der Waals surface area contributed by atoms with Gasteiger partial charge in [0.2, 0.25) is 5.78 Å². The highest BCUT2D eigenvalue weighted by atomic mass is 35.5. The Bertz CT molecular complexity index is 1320. The van der Waals surface area contributed by atoms with Gasteiger partial charge in [-0.05, 0) is 51.5 Å². The SMILES string of the molecule is Cc1ccc2c(Cl)cc(Cl)c(OCC(=O)c3cc(C)n(C4CCS(=O)(=O)C4)c3C)c2n1. The summed E-state index contributed by atoms with van der Waals surface area (Å²) in [5.74, 6) is 0.376. The summed E-state index contributed by atoms with van der Waals surface area (Å²) in [7, 11) is -3.03. The molecule has 0 bridgehead atoms. The van der Waals surface area contributed by atoms with Gasteiger partial charge in [-0.2, -0.15) is 0 Å². The molecule has 31 heavy (non-hydrogen) atoms. The first-order valence-electron chi connectivity index (χ1n) is 9.87. The number of halogens is 2. The van der Waals surface area contributed by atoms with Gasteiger partial charge in [0.1, 0.15) is 5.52 Å². The molecule has 0 aliphatic carbocycles. The number of Topliss-reactive ketones (excluding diaryl/α,β-unsaturated/α-hetero) is 1. The standard InChI is InChI=1S/C22H22Cl2N2O4S/c1-12-4-5-16-18(23)9-19(24)22(21(16)25-12)30-10-20(27)17-8-13(2)26(14(17)3)15-6-7-31(28,29)11-15/h4-5,8-9,15H,6-7,10-11H2,1-3H3. The molecule has 164 valence electrons. The highest BCUT2D eigenvalue weighted by Gasteiger charge is 2.31. The molecule has 1 aliphatic heterocycles. The summed E-state index contributed by atoms with van der Waals surface area (Å²) in [6, 6.07) is 6.91. The summed E-state index contributed by atoms with van der Waals surface area (Å²) in [4.78, 5) is 17.5. The first-order valence-corrected chi connectivity index (χ1v) is 12.5. The lowest BCUT2D eigenvalue weighted by Crippen LogP contribution is -2.16. The maximum Gasteiger partial charge on any atom is 0.202 e. The number of rotatable bonds is 5. The molecule has 0 N–H and O–H groups in total. The number of aromatic nitrogens is 2. The van der Waals surface area contributed by atoms with Crippen LogP contribution in [-0.4, -0.2) is 41.9 Å². The fourth-order valence-corrected chi connectivity index (χ4v) is 6.51. The van der Waals surface area contributed by atoms with Gasteiger partial charge in [0.15, 0.2) is 22.2 Å². The van der Waals surface area contributed by atoms with E-state index in [1.807, 2.05) is 37.5 Å². The zero-order chi connectivity index (χ0) is 22.5. The minimum absolute atomic E-state index is 0.102. The van der Waals surface area contributed by atoms with E-state index in [0.29, 0.717) is 33.7 Å². The van der Waals surface area contributed by atoms with Gasteiger partial charge in [-0.25, -0.2) is 13.4 Å². The van der Waals surface area contributed by atoms with Crippen LogP contribution in [-0.2, 0) is 9.84 Å². The monoisotopic (exact) mass is 480 g/mol. The van der Waals surface area contributed by atoms with E-state index in [9.17, 15) is 13.2 Å². The topological polar surface area (TPSA) is 78.3 Å². The van der Waals surface area contributed by atoms with Gasteiger partial charge in [0.25, 0.3) is 0 Å². The van der Waals surface area contributed by atoms with Crippen molar-refractivity contribution in [3.8, 4) is 5.75 Å². The number of fused-ring (bicyclic) bond motifs is 1. The van der Waals surface area contributed by atoms with Crippen LogP contribution in [0.1, 0.15) is 39.9 Å². The van der Waals surface area contributed by atoms with Gasteiger partial charge in [-0.1, -0.05) is 23.2 Å². The lowest BCUT2D eigenvalue weighted by atomic mass is 10.1. The molecule has 1 aliphatic rings. The van der Waals surface area contributed by atoms with E-state index in [-0.39, 0.29) is 35.0 Å². The predicted molar refractivity (Wildman–Crippen MR) is 123 cm³/mol.